The second-order valence-corrected chi connectivity index (χ2v) is 7.63. The van der Waals surface area contributed by atoms with Gasteiger partial charge in [-0.2, -0.15) is 0 Å². The molecule has 168 valence electrons. The van der Waals surface area contributed by atoms with Crippen molar-refractivity contribution >= 4 is 23.9 Å². The van der Waals surface area contributed by atoms with Gasteiger partial charge < -0.3 is 20.4 Å². The van der Waals surface area contributed by atoms with Crippen molar-refractivity contribution in [1.82, 2.24) is 0 Å². The maximum absolute atomic E-state index is 11.2. The first-order chi connectivity index (χ1) is 13.8. The summed E-state index contributed by atoms with van der Waals surface area (Å²) in [4.78, 5) is 43.6. The summed E-state index contributed by atoms with van der Waals surface area (Å²) in [5.74, 6) is -8.60. The van der Waals surface area contributed by atoms with Crippen molar-refractivity contribution in [2.45, 2.75) is 96.3 Å². The normalized spacial score (nSPS) is 12.0. The zero-order valence-corrected chi connectivity index (χ0v) is 17.2. The van der Waals surface area contributed by atoms with Gasteiger partial charge in [-0.15, -0.1) is 0 Å². The van der Waals surface area contributed by atoms with E-state index in [4.69, 9.17) is 20.4 Å². The first-order valence-corrected chi connectivity index (χ1v) is 10.7. The molecule has 0 amide bonds. The van der Waals surface area contributed by atoms with Crippen LogP contribution >= 0.6 is 0 Å². The number of hydrogen-bond acceptors (Lipinski definition) is 4. The first kappa shape index (κ1) is 26.9. The van der Waals surface area contributed by atoms with Gasteiger partial charge in [0.2, 0.25) is 0 Å². The third-order valence-electron chi connectivity index (χ3n) is 5.16. The van der Waals surface area contributed by atoms with E-state index in [0.29, 0.717) is 6.42 Å². The Morgan fingerprint density at radius 3 is 1.14 bits per heavy atom. The summed E-state index contributed by atoms with van der Waals surface area (Å²) in [5, 5.41) is 35.5. The summed E-state index contributed by atoms with van der Waals surface area (Å²) in [7, 11) is 0. The molecule has 4 N–H and O–H groups in total. The Morgan fingerprint density at radius 2 is 0.828 bits per heavy atom. The van der Waals surface area contributed by atoms with Crippen LogP contribution in [0.2, 0.25) is 0 Å². The van der Waals surface area contributed by atoms with E-state index < -0.39 is 35.7 Å². The zero-order valence-electron chi connectivity index (χ0n) is 17.2. The number of unbranched alkanes of at least 4 members (excludes halogenated alkanes) is 12. The Bertz CT molecular complexity index is 489. The molecule has 0 saturated heterocycles. The van der Waals surface area contributed by atoms with Crippen LogP contribution < -0.4 is 0 Å². The van der Waals surface area contributed by atoms with Crippen LogP contribution in [0.1, 0.15) is 96.3 Å². The second-order valence-electron chi connectivity index (χ2n) is 7.63. The van der Waals surface area contributed by atoms with Crippen LogP contribution in [-0.4, -0.2) is 44.3 Å². The van der Waals surface area contributed by atoms with Crippen molar-refractivity contribution in [3.63, 3.8) is 0 Å². The number of hydrogen-bond donors (Lipinski definition) is 4. The molecule has 8 nitrogen and oxygen atoms in total. The Balaban J connectivity index is 3.62. The third-order valence-corrected chi connectivity index (χ3v) is 5.16. The molecular formula is C21H36O8. The first-order valence-electron chi connectivity index (χ1n) is 10.7. The maximum Gasteiger partial charge on any atom is 0.318 e. The fraction of sp³-hybridized carbons (Fsp3) is 0.810. The molecule has 0 heterocycles. The number of carboxylic acids is 4. The van der Waals surface area contributed by atoms with Crippen LogP contribution in [0.3, 0.4) is 0 Å². The average molecular weight is 417 g/mol. The van der Waals surface area contributed by atoms with Gasteiger partial charge in [-0.3, -0.25) is 19.2 Å². The SMILES string of the molecule is O=C(O)CCCCCCCCCCCCCCCC(C(=O)O)C(C(=O)O)C(=O)O. The fourth-order valence-corrected chi connectivity index (χ4v) is 3.47. The largest absolute Gasteiger partial charge is 0.481 e. The van der Waals surface area contributed by atoms with Crippen molar-refractivity contribution in [2.75, 3.05) is 0 Å². The summed E-state index contributed by atoms with van der Waals surface area (Å²) in [6.07, 6.45) is 13.3. The van der Waals surface area contributed by atoms with Crippen LogP contribution in [0.25, 0.3) is 0 Å². The van der Waals surface area contributed by atoms with Crippen LogP contribution in [0.4, 0.5) is 0 Å². The molecule has 0 radical (unpaired) electrons. The molecule has 0 spiro atoms. The monoisotopic (exact) mass is 416 g/mol. The van der Waals surface area contributed by atoms with Crippen LogP contribution in [-0.2, 0) is 19.2 Å². The lowest BCUT2D eigenvalue weighted by atomic mass is 9.87. The van der Waals surface area contributed by atoms with E-state index in [0.717, 1.165) is 57.8 Å². The number of rotatable bonds is 20. The molecule has 29 heavy (non-hydrogen) atoms. The number of carboxylic acid groups (broad SMARTS) is 4. The highest BCUT2D eigenvalue weighted by molar-refractivity contribution is 5.97. The molecule has 0 aromatic rings. The van der Waals surface area contributed by atoms with Gasteiger partial charge in [0, 0.05) is 6.42 Å². The molecule has 0 aromatic carbocycles. The minimum absolute atomic E-state index is 0.0606. The lowest BCUT2D eigenvalue weighted by Crippen LogP contribution is -2.35. The summed E-state index contributed by atoms with van der Waals surface area (Å²) in [5.41, 5.74) is 0. The van der Waals surface area contributed by atoms with Gasteiger partial charge in [-0.05, 0) is 12.8 Å². The van der Waals surface area contributed by atoms with Crippen LogP contribution in [0.15, 0.2) is 0 Å². The molecule has 0 saturated carbocycles. The average Bonchev–Trinajstić information content (AvgIpc) is 2.62. The van der Waals surface area contributed by atoms with E-state index in [1.807, 2.05) is 0 Å². The standard InChI is InChI=1S/C21H36O8/c22-17(23)15-13-11-9-7-5-3-1-2-4-6-8-10-12-14-16(19(24)25)18(20(26)27)21(28)29/h16,18H,1-15H2,(H,22,23)(H,24,25)(H,26,27)(H,28,29). The number of aliphatic carboxylic acids is 4. The Labute approximate surface area is 172 Å². The van der Waals surface area contributed by atoms with E-state index in [-0.39, 0.29) is 12.8 Å². The lowest BCUT2D eigenvalue weighted by molar-refractivity contribution is -0.164. The lowest BCUT2D eigenvalue weighted by Gasteiger charge is -2.16. The molecule has 0 rings (SSSR count). The third kappa shape index (κ3) is 14.5. The van der Waals surface area contributed by atoms with Gasteiger partial charge in [0.1, 0.15) is 0 Å². The minimum atomic E-state index is -1.90. The van der Waals surface area contributed by atoms with Crippen LogP contribution in [0, 0.1) is 11.8 Å². The molecule has 0 aliphatic rings. The molecule has 0 aliphatic carbocycles. The van der Waals surface area contributed by atoms with Crippen molar-refractivity contribution in [1.29, 1.82) is 0 Å². The van der Waals surface area contributed by atoms with Gasteiger partial charge in [-0.1, -0.05) is 77.0 Å². The topological polar surface area (TPSA) is 149 Å². The van der Waals surface area contributed by atoms with Crippen molar-refractivity contribution in [2.24, 2.45) is 11.8 Å². The van der Waals surface area contributed by atoms with Crippen molar-refractivity contribution in [3.8, 4) is 0 Å². The Hall–Kier alpha value is -2.12. The van der Waals surface area contributed by atoms with Gasteiger partial charge in [-0.25, -0.2) is 0 Å². The van der Waals surface area contributed by atoms with E-state index in [9.17, 15) is 19.2 Å². The smallest absolute Gasteiger partial charge is 0.318 e. The van der Waals surface area contributed by atoms with E-state index in [2.05, 4.69) is 0 Å². The summed E-state index contributed by atoms with van der Waals surface area (Å²) in [6, 6.07) is 0. The highest BCUT2D eigenvalue weighted by atomic mass is 16.4. The molecule has 0 fully saturated rings. The molecule has 0 aromatic heterocycles. The molecule has 1 unspecified atom stereocenters. The molecule has 8 heteroatoms. The van der Waals surface area contributed by atoms with Crippen molar-refractivity contribution < 1.29 is 39.6 Å². The molecule has 0 aliphatic heterocycles. The van der Waals surface area contributed by atoms with E-state index >= 15 is 0 Å². The molecular weight excluding hydrogens is 380 g/mol. The van der Waals surface area contributed by atoms with Crippen molar-refractivity contribution in [3.05, 3.63) is 0 Å². The van der Waals surface area contributed by atoms with Gasteiger partial charge in [0.05, 0.1) is 5.92 Å². The summed E-state index contributed by atoms with van der Waals surface area (Å²) < 4.78 is 0. The number of carbonyl (C=O) groups is 4. The second kappa shape index (κ2) is 16.8. The quantitative estimate of drug-likeness (QED) is 0.168. The predicted molar refractivity (Wildman–Crippen MR) is 107 cm³/mol. The van der Waals surface area contributed by atoms with Gasteiger partial charge in [0.25, 0.3) is 0 Å². The van der Waals surface area contributed by atoms with E-state index in [1.165, 1.54) is 19.3 Å². The fourth-order valence-electron chi connectivity index (χ4n) is 3.47. The minimum Gasteiger partial charge on any atom is -0.481 e. The van der Waals surface area contributed by atoms with Crippen LogP contribution in [0.5, 0.6) is 0 Å². The summed E-state index contributed by atoms with van der Waals surface area (Å²) >= 11 is 0. The maximum atomic E-state index is 11.2. The predicted octanol–water partition coefficient (Wildman–Crippen LogP) is 4.41. The molecule has 0 bridgehead atoms. The summed E-state index contributed by atoms with van der Waals surface area (Å²) in [6.45, 7) is 0. The Kier molecular flexibility index (Phi) is 15.6. The Morgan fingerprint density at radius 1 is 0.483 bits per heavy atom. The van der Waals surface area contributed by atoms with Gasteiger partial charge >= 0.3 is 23.9 Å². The highest BCUT2D eigenvalue weighted by Crippen LogP contribution is 2.22. The van der Waals surface area contributed by atoms with E-state index in [1.54, 1.807) is 0 Å². The molecule has 1 atom stereocenters. The van der Waals surface area contributed by atoms with Gasteiger partial charge in [0.15, 0.2) is 5.92 Å². The zero-order chi connectivity index (χ0) is 22.1. The highest BCUT2D eigenvalue weighted by Gasteiger charge is 2.39.